The zero-order valence-corrected chi connectivity index (χ0v) is 11.9. The molecular formula is C12H13ClN4S. The summed E-state index contributed by atoms with van der Waals surface area (Å²) < 4.78 is 0. The van der Waals surface area contributed by atoms with E-state index in [1.54, 1.807) is 12.1 Å². The van der Waals surface area contributed by atoms with Crippen molar-refractivity contribution in [2.45, 2.75) is 31.0 Å². The highest BCUT2D eigenvalue weighted by Crippen LogP contribution is 2.29. The van der Waals surface area contributed by atoms with E-state index >= 15 is 0 Å². The highest BCUT2D eigenvalue weighted by molar-refractivity contribution is 7.99. The van der Waals surface area contributed by atoms with Crippen LogP contribution in [0.1, 0.15) is 17.0 Å². The molecule has 94 valence electrons. The van der Waals surface area contributed by atoms with Crippen LogP contribution < -0.4 is 5.73 Å². The van der Waals surface area contributed by atoms with Gasteiger partial charge in [-0.2, -0.15) is 0 Å². The summed E-state index contributed by atoms with van der Waals surface area (Å²) in [5.74, 6) is 0. The van der Waals surface area contributed by atoms with Crippen LogP contribution in [0.15, 0.2) is 22.3 Å². The zero-order valence-electron chi connectivity index (χ0n) is 10.4. The first-order chi connectivity index (χ1) is 8.47. The molecule has 18 heavy (non-hydrogen) atoms. The van der Waals surface area contributed by atoms with Crippen LogP contribution in [0.3, 0.4) is 0 Å². The molecule has 0 unspecified atom stereocenters. The number of nitrogens with two attached hydrogens (primary N) is 1. The molecule has 2 heterocycles. The summed E-state index contributed by atoms with van der Waals surface area (Å²) >= 11 is 7.17. The maximum Gasteiger partial charge on any atom is 0.194 e. The van der Waals surface area contributed by atoms with Gasteiger partial charge in [0.25, 0.3) is 0 Å². The largest absolute Gasteiger partial charge is 0.397 e. The van der Waals surface area contributed by atoms with Gasteiger partial charge in [-0.1, -0.05) is 11.6 Å². The lowest BCUT2D eigenvalue weighted by Crippen LogP contribution is -1.99. The number of nitrogen functional groups attached to an aromatic ring is 1. The van der Waals surface area contributed by atoms with Crippen LogP contribution in [0.5, 0.6) is 0 Å². The Balaban J connectivity index is 2.37. The van der Waals surface area contributed by atoms with Gasteiger partial charge in [0.15, 0.2) is 5.16 Å². The van der Waals surface area contributed by atoms with Gasteiger partial charge in [-0.25, -0.2) is 15.0 Å². The molecule has 6 heteroatoms. The predicted molar refractivity (Wildman–Crippen MR) is 74.0 cm³/mol. The number of halogens is 1. The second kappa shape index (κ2) is 5.12. The first-order valence-corrected chi connectivity index (χ1v) is 6.58. The minimum absolute atomic E-state index is 0.409. The van der Waals surface area contributed by atoms with Crippen molar-refractivity contribution in [1.82, 2.24) is 15.0 Å². The number of anilines is 1. The Hall–Kier alpha value is -1.33. The molecule has 4 nitrogen and oxygen atoms in total. The van der Waals surface area contributed by atoms with Crippen LogP contribution in [-0.2, 0) is 0 Å². The van der Waals surface area contributed by atoms with Gasteiger partial charge < -0.3 is 5.73 Å². The molecule has 0 bridgehead atoms. The second-order valence-corrected chi connectivity index (χ2v) is 5.28. The van der Waals surface area contributed by atoms with Gasteiger partial charge in [0.1, 0.15) is 10.2 Å². The molecule has 0 fully saturated rings. The minimum atomic E-state index is 0.409. The lowest BCUT2D eigenvalue weighted by molar-refractivity contribution is 0.878. The molecule has 0 aliphatic rings. The molecule has 0 atom stereocenters. The smallest absolute Gasteiger partial charge is 0.194 e. The number of pyridine rings is 1. The molecule has 2 rings (SSSR count). The number of nitrogens with zero attached hydrogens (tertiary/aromatic N) is 3. The Kier molecular flexibility index (Phi) is 3.73. The van der Waals surface area contributed by atoms with Gasteiger partial charge in [0.2, 0.25) is 0 Å². The van der Waals surface area contributed by atoms with E-state index in [1.165, 1.54) is 11.8 Å². The standard InChI is InChI=1S/C12H13ClN4S/c1-6-7(2)15-12(16-8(6)3)18-11-9(14)4-5-10(13)17-11/h4-5H,14H2,1-3H3. The van der Waals surface area contributed by atoms with E-state index in [0.29, 0.717) is 21.0 Å². The van der Waals surface area contributed by atoms with Crippen LogP contribution in [0.25, 0.3) is 0 Å². The number of hydrogen-bond acceptors (Lipinski definition) is 5. The van der Waals surface area contributed by atoms with E-state index in [9.17, 15) is 0 Å². The lowest BCUT2D eigenvalue weighted by atomic mass is 10.2. The van der Waals surface area contributed by atoms with Gasteiger partial charge in [-0.3, -0.25) is 0 Å². The van der Waals surface area contributed by atoms with Crippen molar-refractivity contribution >= 4 is 29.1 Å². The monoisotopic (exact) mass is 280 g/mol. The summed E-state index contributed by atoms with van der Waals surface area (Å²) in [6.45, 7) is 5.93. The Bertz CT molecular complexity index is 578. The van der Waals surface area contributed by atoms with Crippen LogP contribution in [-0.4, -0.2) is 15.0 Å². The normalized spacial score (nSPS) is 10.7. The Morgan fingerprint density at radius 1 is 1.06 bits per heavy atom. The Morgan fingerprint density at radius 2 is 1.67 bits per heavy atom. The fourth-order valence-electron chi connectivity index (χ4n) is 1.38. The highest BCUT2D eigenvalue weighted by Gasteiger charge is 2.10. The molecule has 2 aromatic rings. The SMILES string of the molecule is Cc1nc(Sc2nc(Cl)ccc2N)nc(C)c1C. The molecular weight excluding hydrogens is 268 g/mol. The van der Waals surface area contributed by atoms with Gasteiger partial charge in [-0.05, 0) is 50.2 Å². The second-order valence-electron chi connectivity index (χ2n) is 3.93. The summed E-state index contributed by atoms with van der Waals surface area (Å²) in [7, 11) is 0. The predicted octanol–water partition coefficient (Wildman–Crippen LogP) is 3.18. The topological polar surface area (TPSA) is 64.7 Å². The molecule has 2 aromatic heterocycles. The highest BCUT2D eigenvalue weighted by atomic mass is 35.5. The molecule has 0 aromatic carbocycles. The van der Waals surface area contributed by atoms with Crippen LogP contribution >= 0.6 is 23.4 Å². The summed E-state index contributed by atoms with van der Waals surface area (Å²) in [4.78, 5) is 13.0. The lowest BCUT2D eigenvalue weighted by Gasteiger charge is -2.07. The average Bonchev–Trinajstić information content (AvgIpc) is 2.31. The number of aromatic nitrogens is 3. The number of hydrogen-bond donors (Lipinski definition) is 1. The first kappa shape index (κ1) is 13.1. The zero-order chi connectivity index (χ0) is 13.3. The van der Waals surface area contributed by atoms with Crippen molar-refractivity contribution in [3.05, 3.63) is 34.2 Å². The van der Waals surface area contributed by atoms with Crippen molar-refractivity contribution in [3.8, 4) is 0 Å². The quantitative estimate of drug-likeness (QED) is 0.676. The van der Waals surface area contributed by atoms with Crippen molar-refractivity contribution in [2.75, 3.05) is 5.73 Å². The molecule has 0 aliphatic carbocycles. The Morgan fingerprint density at radius 3 is 2.28 bits per heavy atom. The number of aryl methyl sites for hydroxylation is 2. The maximum absolute atomic E-state index is 5.85. The third-order valence-corrected chi connectivity index (χ3v) is 3.75. The maximum atomic E-state index is 5.85. The molecule has 0 aliphatic heterocycles. The van der Waals surface area contributed by atoms with Crippen LogP contribution in [0.2, 0.25) is 5.15 Å². The summed E-state index contributed by atoms with van der Waals surface area (Å²) in [5, 5.41) is 1.68. The molecule has 0 amide bonds. The summed E-state index contributed by atoms with van der Waals surface area (Å²) in [5.41, 5.74) is 9.45. The minimum Gasteiger partial charge on any atom is -0.397 e. The van der Waals surface area contributed by atoms with E-state index in [4.69, 9.17) is 17.3 Å². The van der Waals surface area contributed by atoms with Crippen molar-refractivity contribution in [1.29, 1.82) is 0 Å². The van der Waals surface area contributed by atoms with E-state index in [1.807, 2.05) is 20.8 Å². The van der Waals surface area contributed by atoms with Crippen LogP contribution in [0.4, 0.5) is 5.69 Å². The van der Waals surface area contributed by atoms with Crippen molar-refractivity contribution in [2.24, 2.45) is 0 Å². The number of rotatable bonds is 2. The van der Waals surface area contributed by atoms with Gasteiger partial charge in [0.05, 0.1) is 5.69 Å². The Labute approximate surface area is 115 Å². The van der Waals surface area contributed by atoms with Gasteiger partial charge in [0, 0.05) is 11.4 Å². The molecule has 0 saturated carbocycles. The van der Waals surface area contributed by atoms with E-state index < -0.39 is 0 Å². The third-order valence-electron chi connectivity index (χ3n) is 2.66. The van der Waals surface area contributed by atoms with E-state index in [2.05, 4.69) is 15.0 Å². The summed E-state index contributed by atoms with van der Waals surface area (Å²) in [6, 6.07) is 3.39. The van der Waals surface area contributed by atoms with Gasteiger partial charge in [-0.15, -0.1) is 0 Å². The van der Waals surface area contributed by atoms with E-state index in [-0.39, 0.29) is 0 Å². The van der Waals surface area contributed by atoms with Crippen molar-refractivity contribution < 1.29 is 0 Å². The summed E-state index contributed by atoms with van der Waals surface area (Å²) in [6.07, 6.45) is 0. The fraction of sp³-hybridized carbons (Fsp3) is 0.250. The third kappa shape index (κ3) is 2.73. The first-order valence-electron chi connectivity index (χ1n) is 5.39. The van der Waals surface area contributed by atoms with Crippen molar-refractivity contribution in [3.63, 3.8) is 0 Å². The molecule has 0 spiro atoms. The molecule has 0 saturated heterocycles. The average molecular weight is 281 g/mol. The molecule has 2 N–H and O–H groups in total. The fourth-order valence-corrected chi connectivity index (χ4v) is 2.45. The molecule has 0 radical (unpaired) electrons. The van der Waals surface area contributed by atoms with Gasteiger partial charge >= 0.3 is 0 Å². The van der Waals surface area contributed by atoms with E-state index in [0.717, 1.165) is 17.0 Å². The van der Waals surface area contributed by atoms with Crippen LogP contribution in [0, 0.1) is 20.8 Å².